The van der Waals surface area contributed by atoms with Gasteiger partial charge in [-0.05, 0) is 47.3 Å². The first-order valence-corrected chi connectivity index (χ1v) is 8.48. The van der Waals surface area contributed by atoms with Crippen molar-refractivity contribution in [2.45, 2.75) is 19.3 Å². The van der Waals surface area contributed by atoms with E-state index in [4.69, 9.17) is 4.74 Å². The van der Waals surface area contributed by atoms with Crippen LogP contribution in [0.15, 0.2) is 40.9 Å². The van der Waals surface area contributed by atoms with E-state index in [1.54, 1.807) is 18.2 Å². The molecule has 1 aromatic carbocycles. The van der Waals surface area contributed by atoms with Crippen LogP contribution in [0.2, 0.25) is 0 Å². The number of para-hydroxylation sites is 1. The van der Waals surface area contributed by atoms with Gasteiger partial charge < -0.3 is 15.4 Å². The number of rotatable bonds is 6. The monoisotopic (exact) mass is 394 g/mol. The number of nitrogens with one attached hydrogen (secondary N) is 2. The maximum Gasteiger partial charge on any atom is 0.309 e. The van der Waals surface area contributed by atoms with Crippen molar-refractivity contribution in [3.63, 3.8) is 0 Å². The molecule has 2 rings (SSSR count). The smallest absolute Gasteiger partial charge is 0.309 e. The molecule has 0 aromatic heterocycles. The molecule has 0 saturated heterocycles. The number of hydrogen-bond acceptors (Lipinski definition) is 4. The fourth-order valence-corrected chi connectivity index (χ4v) is 2.63. The molecule has 0 radical (unpaired) electrons. The summed E-state index contributed by atoms with van der Waals surface area (Å²) < 4.78 is 5.74. The van der Waals surface area contributed by atoms with E-state index in [2.05, 4.69) is 26.6 Å². The molecule has 2 N–H and O–H groups in total. The highest BCUT2D eigenvalue weighted by atomic mass is 79.9. The van der Waals surface area contributed by atoms with Crippen LogP contribution in [0.3, 0.4) is 0 Å². The molecule has 1 atom stereocenters. The number of benzene rings is 1. The second-order valence-corrected chi connectivity index (χ2v) is 6.25. The van der Waals surface area contributed by atoms with Crippen LogP contribution in [0, 0.1) is 5.92 Å². The molecule has 1 aliphatic rings. The highest BCUT2D eigenvalue weighted by molar-refractivity contribution is 9.10. The molecule has 0 saturated carbocycles. The predicted octanol–water partition coefficient (Wildman–Crippen LogP) is 2.40. The highest BCUT2D eigenvalue weighted by Crippen LogP contribution is 2.21. The van der Waals surface area contributed by atoms with Gasteiger partial charge in [0.2, 0.25) is 5.91 Å². The molecule has 0 unspecified atom stereocenters. The van der Waals surface area contributed by atoms with Gasteiger partial charge in [-0.25, -0.2) is 0 Å². The van der Waals surface area contributed by atoms with Crippen LogP contribution >= 0.6 is 15.9 Å². The van der Waals surface area contributed by atoms with Crippen LogP contribution in [0.4, 0.5) is 5.69 Å². The van der Waals surface area contributed by atoms with Crippen LogP contribution < -0.4 is 10.6 Å². The average molecular weight is 395 g/mol. The lowest BCUT2D eigenvalue weighted by atomic mass is 9.95. The number of esters is 1. The molecule has 0 spiro atoms. The third-order valence-electron chi connectivity index (χ3n) is 3.54. The molecule has 1 aliphatic carbocycles. The van der Waals surface area contributed by atoms with Crippen molar-refractivity contribution in [3.05, 3.63) is 40.9 Å². The molecule has 6 nitrogen and oxygen atoms in total. The number of anilines is 1. The van der Waals surface area contributed by atoms with Crippen molar-refractivity contribution in [2.24, 2.45) is 5.92 Å². The number of hydrogen-bond donors (Lipinski definition) is 2. The van der Waals surface area contributed by atoms with E-state index >= 15 is 0 Å². The number of carbonyl (C=O) groups excluding carboxylic acids is 3. The number of allylic oxidation sites excluding steroid dienone is 2. The average Bonchev–Trinajstić information content (AvgIpc) is 2.60. The summed E-state index contributed by atoms with van der Waals surface area (Å²) in [7, 11) is 0. The first kappa shape index (κ1) is 18.2. The van der Waals surface area contributed by atoms with Crippen molar-refractivity contribution in [1.29, 1.82) is 0 Å². The SMILES string of the molecule is O=C(COC(=O)[C@@H]1CC=CCC1)NCC(=O)Nc1ccccc1Br. The molecule has 0 aliphatic heterocycles. The number of amides is 2. The van der Waals surface area contributed by atoms with Crippen LogP contribution in [0.25, 0.3) is 0 Å². The molecule has 1 aromatic rings. The van der Waals surface area contributed by atoms with Gasteiger partial charge in [0.1, 0.15) is 0 Å². The third-order valence-corrected chi connectivity index (χ3v) is 4.23. The van der Waals surface area contributed by atoms with Crippen LogP contribution in [0.5, 0.6) is 0 Å². The van der Waals surface area contributed by atoms with E-state index in [9.17, 15) is 14.4 Å². The molecule has 0 heterocycles. The zero-order valence-electron chi connectivity index (χ0n) is 13.1. The summed E-state index contributed by atoms with van der Waals surface area (Å²) in [6.07, 6.45) is 6.21. The van der Waals surface area contributed by atoms with Crippen LogP contribution in [-0.4, -0.2) is 30.9 Å². The molecular weight excluding hydrogens is 376 g/mol. The molecule has 0 fully saturated rings. The van der Waals surface area contributed by atoms with Crippen LogP contribution in [-0.2, 0) is 19.1 Å². The first-order chi connectivity index (χ1) is 11.6. The number of ether oxygens (including phenoxy) is 1. The van der Waals surface area contributed by atoms with Crippen molar-refractivity contribution in [3.8, 4) is 0 Å². The maximum absolute atomic E-state index is 11.8. The third kappa shape index (κ3) is 5.81. The normalized spacial score (nSPS) is 16.3. The molecule has 7 heteroatoms. The fourth-order valence-electron chi connectivity index (χ4n) is 2.25. The van der Waals surface area contributed by atoms with Gasteiger partial charge in [-0.1, -0.05) is 24.3 Å². The zero-order chi connectivity index (χ0) is 17.4. The summed E-state index contributed by atoms with van der Waals surface area (Å²) >= 11 is 3.32. The Morgan fingerprint density at radius 3 is 2.67 bits per heavy atom. The summed E-state index contributed by atoms with van der Waals surface area (Å²) in [6, 6.07) is 7.16. The molecule has 128 valence electrons. The van der Waals surface area contributed by atoms with Gasteiger partial charge in [0.25, 0.3) is 5.91 Å². The van der Waals surface area contributed by atoms with Crippen molar-refractivity contribution in [2.75, 3.05) is 18.5 Å². The minimum absolute atomic E-state index is 0.179. The summed E-state index contributed by atoms with van der Waals surface area (Å²) in [6.45, 7) is -0.564. The van der Waals surface area contributed by atoms with E-state index in [1.165, 1.54) is 0 Å². The second kappa shape index (κ2) is 9.22. The van der Waals surface area contributed by atoms with E-state index in [0.717, 1.165) is 17.3 Å². The Morgan fingerprint density at radius 1 is 1.17 bits per heavy atom. The summed E-state index contributed by atoms with van der Waals surface area (Å²) in [5, 5.41) is 5.09. The standard InChI is InChI=1S/C17H19BrN2O4/c18-13-8-4-5-9-14(13)20-15(21)10-19-16(22)11-24-17(23)12-6-2-1-3-7-12/h1-2,4-5,8-9,12H,3,6-7,10-11H2,(H,19,22)(H,20,21)/t12-/m1/s1. The van der Waals surface area contributed by atoms with Gasteiger partial charge in [0.15, 0.2) is 6.61 Å². The quantitative estimate of drug-likeness (QED) is 0.572. The van der Waals surface area contributed by atoms with E-state index in [0.29, 0.717) is 12.1 Å². The number of carbonyl (C=O) groups is 3. The Hall–Kier alpha value is -2.15. The van der Waals surface area contributed by atoms with Gasteiger partial charge in [-0.2, -0.15) is 0 Å². The highest BCUT2D eigenvalue weighted by Gasteiger charge is 2.21. The Labute approximate surface area is 148 Å². The topological polar surface area (TPSA) is 84.5 Å². The molecule has 0 bridgehead atoms. The van der Waals surface area contributed by atoms with E-state index < -0.39 is 5.91 Å². The van der Waals surface area contributed by atoms with E-state index in [-0.39, 0.29) is 30.9 Å². The van der Waals surface area contributed by atoms with Crippen LogP contribution in [0.1, 0.15) is 19.3 Å². The lowest BCUT2D eigenvalue weighted by Gasteiger charge is -2.16. The predicted molar refractivity (Wildman–Crippen MR) is 93.2 cm³/mol. The largest absolute Gasteiger partial charge is 0.455 e. The number of halogens is 1. The van der Waals surface area contributed by atoms with Crippen molar-refractivity contribution in [1.82, 2.24) is 5.32 Å². The lowest BCUT2D eigenvalue weighted by molar-refractivity contribution is -0.152. The molecular formula is C17H19BrN2O4. The van der Waals surface area contributed by atoms with Gasteiger partial charge in [0, 0.05) is 4.47 Å². The van der Waals surface area contributed by atoms with Gasteiger partial charge >= 0.3 is 5.97 Å². The fraction of sp³-hybridized carbons (Fsp3) is 0.353. The first-order valence-electron chi connectivity index (χ1n) is 7.69. The Morgan fingerprint density at radius 2 is 1.96 bits per heavy atom. The summed E-state index contributed by atoms with van der Waals surface area (Å²) in [4.78, 5) is 35.3. The minimum Gasteiger partial charge on any atom is -0.455 e. The zero-order valence-corrected chi connectivity index (χ0v) is 14.7. The lowest BCUT2D eigenvalue weighted by Crippen LogP contribution is -2.36. The minimum atomic E-state index is -0.503. The Balaban J connectivity index is 1.67. The molecule has 2 amide bonds. The summed E-state index contributed by atoms with van der Waals surface area (Å²) in [5.41, 5.74) is 0.619. The Kier molecular flexibility index (Phi) is 6.99. The maximum atomic E-state index is 11.8. The van der Waals surface area contributed by atoms with Crippen molar-refractivity contribution >= 4 is 39.4 Å². The summed E-state index contributed by atoms with van der Waals surface area (Å²) in [5.74, 6) is -1.41. The van der Waals surface area contributed by atoms with E-state index in [1.807, 2.05) is 18.2 Å². The van der Waals surface area contributed by atoms with Gasteiger partial charge in [-0.3, -0.25) is 14.4 Å². The van der Waals surface area contributed by atoms with Gasteiger partial charge in [-0.15, -0.1) is 0 Å². The molecule has 24 heavy (non-hydrogen) atoms. The Bertz CT molecular complexity index is 645. The van der Waals surface area contributed by atoms with Gasteiger partial charge in [0.05, 0.1) is 18.2 Å². The second-order valence-electron chi connectivity index (χ2n) is 5.39. The van der Waals surface area contributed by atoms with Crippen molar-refractivity contribution < 1.29 is 19.1 Å².